The van der Waals surface area contributed by atoms with E-state index in [1.807, 2.05) is 0 Å². The molecular formula is C12H17FN2O4. The lowest BCUT2D eigenvalue weighted by molar-refractivity contribution is 0.0365. The molecule has 7 heteroatoms. The number of benzene rings is 1. The number of rotatable bonds is 7. The van der Waals surface area contributed by atoms with Crippen molar-refractivity contribution < 1.29 is 23.8 Å². The number of carboxylic acid groups (broad SMARTS) is 1. The van der Waals surface area contributed by atoms with E-state index in [0.29, 0.717) is 6.61 Å². The molecule has 1 aromatic rings. The van der Waals surface area contributed by atoms with Crippen molar-refractivity contribution in [1.82, 2.24) is 0 Å². The quantitative estimate of drug-likeness (QED) is 0.645. The van der Waals surface area contributed by atoms with Crippen molar-refractivity contribution in [3.63, 3.8) is 0 Å². The summed E-state index contributed by atoms with van der Waals surface area (Å²) in [6, 6.07) is 2.14. The smallest absolute Gasteiger partial charge is 0.337 e. The SMILES string of the molecule is COCC(CNc1cc(C(=O)O)c(N)cc1F)OC. The van der Waals surface area contributed by atoms with Gasteiger partial charge in [-0.3, -0.25) is 0 Å². The monoisotopic (exact) mass is 272 g/mol. The van der Waals surface area contributed by atoms with Crippen LogP contribution >= 0.6 is 0 Å². The Balaban J connectivity index is 2.83. The Morgan fingerprint density at radius 3 is 2.74 bits per heavy atom. The van der Waals surface area contributed by atoms with Gasteiger partial charge in [-0.1, -0.05) is 0 Å². The van der Waals surface area contributed by atoms with Crippen LogP contribution in [0.5, 0.6) is 0 Å². The van der Waals surface area contributed by atoms with E-state index in [-0.39, 0.29) is 29.6 Å². The Labute approximate surface area is 110 Å². The molecule has 0 radical (unpaired) electrons. The van der Waals surface area contributed by atoms with Gasteiger partial charge < -0.3 is 25.6 Å². The highest BCUT2D eigenvalue weighted by Gasteiger charge is 2.14. The molecule has 0 aliphatic carbocycles. The van der Waals surface area contributed by atoms with Gasteiger partial charge in [0.15, 0.2) is 0 Å². The zero-order valence-corrected chi connectivity index (χ0v) is 10.8. The van der Waals surface area contributed by atoms with Crippen molar-refractivity contribution in [2.45, 2.75) is 6.10 Å². The van der Waals surface area contributed by atoms with Crippen LogP contribution in [0.15, 0.2) is 12.1 Å². The second-order valence-electron chi connectivity index (χ2n) is 3.92. The third-order valence-electron chi connectivity index (χ3n) is 2.58. The van der Waals surface area contributed by atoms with E-state index in [0.717, 1.165) is 12.1 Å². The largest absolute Gasteiger partial charge is 0.478 e. The lowest BCUT2D eigenvalue weighted by atomic mass is 10.1. The average Bonchev–Trinajstić information content (AvgIpc) is 2.35. The summed E-state index contributed by atoms with van der Waals surface area (Å²) in [7, 11) is 3.03. The van der Waals surface area contributed by atoms with Gasteiger partial charge in [0.25, 0.3) is 0 Å². The van der Waals surface area contributed by atoms with Crippen LogP contribution < -0.4 is 11.1 Å². The van der Waals surface area contributed by atoms with Crippen molar-refractivity contribution in [2.24, 2.45) is 0 Å². The van der Waals surface area contributed by atoms with Crippen LogP contribution in [-0.4, -0.2) is 44.6 Å². The van der Waals surface area contributed by atoms with E-state index in [1.165, 1.54) is 14.2 Å². The van der Waals surface area contributed by atoms with Gasteiger partial charge >= 0.3 is 5.97 Å². The van der Waals surface area contributed by atoms with E-state index in [2.05, 4.69) is 5.32 Å². The summed E-state index contributed by atoms with van der Waals surface area (Å²) in [6.45, 7) is 0.621. The lowest BCUT2D eigenvalue weighted by Gasteiger charge is -2.16. The molecule has 19 heavy (non-hydrogen) atoms. The van der Waals surface area contributed by atoms with Gasteiger partial charge in [0.1, 0.15) is 5.82 Å². The normalized spacial score (nSPS) is 12.2. The maximum absolute atomic E-state index is 13.6. The van der Waals surface area contributed by atoms with Crippen molar-refractivity contribution >= 4 is 17.3 Å². The van der Waals surface area contributed by atoms with Gasteiger partial charge in [0, 0.05) is 26.5 Å². The molecule has 1 rings (SSSR count). The molecular weight excluding hydrogens is 255 g/mol. The Morgan fingerprint density at radius 2 is 2.21 bits per heavy atom. The molecule has 1 atom stereocenters. The van der Waals surface area contributed by atoms with Crippen LogP contribution in [0.25, 0.3) is 0 Å². The van der Waals surface area contributed by atoms with Crippen LogP contribution in [0.2, 0.25) is 0 Å². The molecule has 0 bridgehead atoms. The first-order valence-electron chi connectivity index (χ1n) is 5.57. The zero-order chi connectivity index (χ0) is 14.4. The molecule has 0 aliphatic heterocycles. The molecule has 1 aromatic carbocycles. The van der Waals surface area contributed by atoms with Gasteiger partial charge in [-0.15, -0.1) is 0 Å². The summed E-state index contributed by atoms with van der Waals surface area (Å²) < 4.78 is 23.7. The number of hydrogen-bond donors (Lipinski definition) is 3. The van der Waals surface area contributed by atoms with Crippen LogP contribution in [0.4, 0.5) is 15.8 Å². The van der Waals surface area contributed by atoms with Gasteiger partial charge in [0.05, 0.1) is 24.0 Å². The number of nitrogens with one attached hydrogen (secondary N) is 1. The fourth-order valence-electron chi connectivity index (χ4n) is 1.53. The van der Waals surface area contributed by atoms with Crippen molar-refractivity contribution in [1.29, 1.82) is 0 Å². The highest BCUT2D eigenvalue weighted by molar-refractivity contribution is 5.94. The van der Waals surface area contributed by atoms with E-state index < -0.39 is 11.8 Å². The fraction of sp³-hybridized carbons (Fsp3) is 0.417. The minimum absolute atomic E-state index is 0.0600. The maximum atomic E-state index is 13.6. The van der Waals surface area contributed by atoms with E-state index in [9.17, 15) is 9.18 Å². The predicted octanol–water partition coefficient (Wildman–Crippen LogP) is 1.18. The number of nitrogens with two attached hydrogens (primary N) is 1. The number of halogens is 1. The highest BCUT2D eigenvalue weighted by atomic mass is 19.1. The minimum atomic E-state index is -1.21. The fourth-order valence-corrected chi connectivity index (χ4v) is 1.53. The second kappa shape index (κ2) is 6.91. The lowest BCUT2D eigenvalue weighted by Crippen LogP contribution is -2.27. The topological polar surface area (TPSA) is 93.8 Å². The van der Waals surface area contributed by atoms with Gasteiger partial charge in [-0.2, -0.15) is 0 Å². The molecule has 106 valence electrons. The summed E-state index contributed by atoms with van der Waals surface area (Å²) in [5, 5.41) is 11.7. The third-order valence-corrected chi connectivity index (χ3v) is 2.58. The number of hydrogen-bond acceptors (Lipinski definition) is 5. The Hall–Kier alpha value is -1.86. The number of carbonyl (C=O) groups is 1. The third kappa shape index (κ3) is 4.08. The first-order chi connectivity index (χ1) is 8.99. The van der Waals surface area contributed by atoms with Crippen LogP contribution in [-0.2, 0) is 9.47 Å². The number of ether oxygens (including phenoxy) is 2. The molecule has 6 nitrogen and oxygen atoms in total. The van der Waals surface area contributed by atoms with E-state index in [4.69, 9.17) is 20.3 Å². The minimum Gasteiger partial charge on any atom is -0.478 e. The standard InChI is InChI=1S/C12H17FN2O4/c1-18-6-7(19-2)5-15-11-3-8(12(16)17)10(14)4-9(11)13/h3-4,7,15H,5-6,14H2,1-2H3,(H,16,17). The van der Waals surface area contributed by atoms with Gasteiger partial charge in [-0.05, 0) is 12.1 Å². The van der Waals surface area contributed by atoms with Gasteiger partial charge in [0.2, 0.25) is 0 Å². The van der Waals surface area contributed by atoms with Crippen molar-refractivity contribution in [3.8, 4) is 0 Å². The molecule has 1 unspecified atom stereocenters. The molecule has 4 N–H and O–H groups in total. The maximum Gasteiger partial charge on any atom is 0.337 e. The number of methoxy groups -OCH3 is 2. The number of aromatic carboxylic acids is 1. The summed E-state index contributed by atoms with van der Waals surface area (Å²) in [4.78, 5) is 10.9. The number of anilines is 2. The number of carboxylic acids is 1. The van der Waals surface area contributed by atoms with E-state index >= 15 is 0 Å². The van der Waals surface area contributed by atoms with Crippen LogP contribution in [0.3, 0.4) is 0 Å². The molecule has 0 aromatic heterocycles. The number of nitrogen functional groups attached to an aromatic ring is 1. The van der Waals surface area contributed by atoms with Crippen molar-refractivity contribution in [2.75, 3.05) is 38.4 Å². The Morgan fingerprint density at radius 1 is 1.53 bits per heavy atom. The molecule has 0 saturated heterocycles. The Bertz CT molecular complexity index is 454. The van der Waals surface area contributed by atoms with Crippen LogP contribution in [0, 0.1) is 5.82 Å². The molecule has 0 heterocycles. The molecule has 0 aliphatic rings. The molecule has 0 amide bonds. The zero-order valence-electron chi connectivity index (χ0n) is 10.8. The summed E-state index contributed by atoms with van der Waals surface area (Å²) in [5.74, 6) is -1.82. The predicted molar refractivity (Wildman–Crippen MR) is 68.9 cm³/mol. The van der Waals surface area contributed by atoms with E-state index in [1.54, 1.807) is 0 Å². The first-order valence-corrected chi connectivity index (χ1v) is 5.57. The molecule has 0 saturated carbocycles. The molecule has 0 fully saturated rings. The summed E-state index contributed by atoms with van der Waals surface area (Å²) in [6.07, 6.45) is -0.268. The van der Waals surface area contributed by atoms with Crippen LogP contribution in [0.1, 0.15) is 10.4 Å². The summed E-state index contributed by atoms with van der Waals surface area (Å²) in [5.41, 5.74) is 5.22. The van der Waals surface area contributed by atoms with Gasteiger partial charge in [-0.25, -0.2) is 9.18 Å². The highest BCUT2D eigenvalue weighted by Crippen LogP contribution is 2.22. The average molecular weight is 272 g/mol. The van der Waals surface area contributed by atoms with Crippen molar-refractivity contribution in [3.05, 3.63) is 23.5 Å². The summed E-state index contributed by atoms with van der Waals surface area (Å²) >= 11 is 0. The first kappa shape index (κ1) is 15.2. The second-order valence-corrected chi connectivity index (χ2v) is 3.92. The molecule has 0 spiro atoms. The Kier molecular flexibility index (Phi) is 5.53.